The first-order valence-electron chi connectivity index (χ1n) is 9.83. The number of rotatable bonds is 4. The predicted molar refractivity (Wildman–Crippen MR) is 95.4 cm³/mol. The predicted octanol–water partition coefficient (Wildman–Crippen LogP) is 5.53. The van der Waals surface area contributed by atoms with Crippen molar-refractivity contribution in [2.45, 2.75) is 97.6 Å². The summed E-state index contributed by atoms with van der Waals surface area (Å²) in [5.41, 5.74) is -0.366. The second-order valence-electron chi connectivity index (χ2n) is 8.66. The Bertz CT molecular complexity index is 393. The van der Waals surface area contributed by atoms with Crippen LogP contribution in [0.25, 0.3) is 0 Å². The first kappa shape index (κ1) is 18.6. The van der Waals surface area contributed by atoms with Crippen LogP contribution in [0.3, 0.4) is 0 Å². The van der Waals surface area contributed by atoms with Gasteiger partial charge in [-0.25, -0.2) is 4.79 Å². The number of alkyl carbamates (subject to hydrolysis) is 1. The lowest BCUT2D eigenvalue weighted by molar-refractivity contribution is -0.0337. The van der Waals surface area contributed by atoms with Crippen LogP contribution >= 0.6 is 0 Å². The molecule has 0 bridgehead atoms. The van der Waals surface area contributed by atoms with Crippen molar-refractivity contribution in [3.8, 4) is 0 Å². The fraction of sp³-hybridized carbons (Fsp3) is 0.950. The number of carbonyl (C=O) groups is 1. The maximum Gasteiger partial charge on any atom is 0.407 e. The van der Waals surface area contributed by atoms with Crippen molar-refractivity contribution in [1.82, 2.24) is 5.32 Å². The molecule has 0 radical (unpaired) electrons. The van der Waals surface area contributed by atoms with Crippen LogP contribution in [0.5, 0.6) is 0 Å². The van der Waals surface area contributed by atoms with Crippen LogP contribution in [-0.2, 0) is 4.74 Å². The van der Waals surface area contributed by atoms with Gasteiger partial charge in [0.1, 0.15) is 5.60 Å². The summed E-state index contributed by atoms with van der Waals surface area (Å²) >= 11 is 0. The Labute approximate surface area is 142 Å². The van der Waals surface area contributed by atoms with Gasteiger partial charge in [-0.2, -0.15) is 0 Å². The molecule has 134 valence electrons. The van der Waals surface area contributed by atoms with Gasteiger partial charge in [-0.15, -0.1) is 0 Å². The highest BCUT2D eigenvalue weighted by atomic mass is 16.6. The fourth-order valence-electron chi connectivity index (χ4n) is 4.57. The molecule has 0 spiro atoms. The van der Waals surface area contributed by atoms with E-state index in [-0.39, 0.29) is 11.7 Å². The summed E-state index contributed by atoms with van der Waals surface area (Å²) in [6, 6.07) is 0.308. The van der Waals surface area contributed by atoms with E-state index in [0.717, 1.165) is 24.7 Å². The number of hydrogen-bond donors (Lipinski definition) is 1. The molecule has 1 unspecified atom stereocenters. The Morgan fingerprint density at radius 3 is 2.43 bits per heavy atom. The highest BCUT2D eigenvalue weighted by molar-refractivity contribution is 5.68. The van der Waals surface area contributed by atoms with Crippen LogP contribution in [0, 0.1) is 23.7 Å². The quantitative estimate of drug-likeness (QED) is 0.738. The van der Waals surface area contributed by atoms with Crippen molar-refractivity contribution in [2.75, 3.05) is 0 Å². The van der Waals surface area contributed by atoms with Gasteiger partial charge < -0.3 is 10.1 Å². The van der Waals surface area contributed by atoms with Crippen molar-refractivity contribution in [2.24, 2.45) is 23.7 Å². The van der Waals surface area contributed by atoms with Gasteiger partial charge in [0.05, 0.1) is 0 Å². The smallest absolute Gasteiger partial charge is 0.407 e. The Kier molecular flexibility index (Phi) is 6.39. The van der Waals surface area contributed by atoms with E-state index >= 15 is 0 Å². The molecule has 3 nitrogen and oxygen atoms in total. The molecule has 2 saturated carbocycles. The molecule has 1 N–H and O–H groups in total. The van der Waals surface area contributed by atoms with E-state index in [2.05, 4.69) is 39.9 Å². The minimum Gasteiger partial charge on any atom is -0.443 e. The van der Waals surface area contributed by atoms with Crippen LogP contribution in [0.4, 0.5) is 4.79 Å². The number of nitrogens with one attached hydrogen (secondary N) is 1. The lowest BCUT2D eigenvalue weighted by atomic mass is 9.70. The third-order valence-electron chi connectivity index (χ3n) is 6.67. The molecule has 2 fully saturated rings. The highest BCUT2D eigenvalue weighted by Gasteiger charge is 2.38. The second kappa shape index (κ2) is 7.90. The zero-order chi connectivity index (χ0) is 17.0. The topological polar surface area (TPSA) is 38.3 Å². The molecule has 0 aromatic carbocycles. The van der Waals surface area contributed by atoms with E-state index in [1.807, 2.05) is 0 Å². The summed E-state index contributed by atoms with van der Waals surface area (Å²) in [6.07, 6.45) is 9.40. The monoisotopic (exact) mass is 323 g/mol. The van der Waals surface area contributed by atoms with Crippen molar-refractivity contribution >= 4 is 6.09 Å². The van der Waals surface area contributed by atoms with Gasteiger partial charge in [0.2, 0.25) is 0 Å². The third kappa shape index (κ3) is 4.87. The maximum atomic E-state index is 12.4. The molecule has 23 heavy (non-hydrogen) atoms. The van der Waals surface area contributed by atoms with Crippen LogP contribution in [0.1, 0.15) is 86.0 Å². The molecule has 2 aliphatic rings. The summed E-state index contributed by atoms with van der Waals surface area (Å²) in [4.78, 5) is 12.4. The average Bonchev–Trinajstić information content (AvgIpc) is 2.49. The molecule has 0 aromatic heterocycles. The normalized spacial score (nSPS) is 35.6. The van der Waals surface area contributed by atoms with Gasteiger partial charge in [-0.1, -0.05) is 46.5 Å². The van der Waals surface area contributed by atoms with Gasteiger partial charge in [0.15, 0.2) is 0 Å². The van der Waals surface area contributed by atoms with E-state index in [1.54, 1.807) is 0 Å². The van der Waals surface area contributed by atoms with E-state index in [0.29, 0.717) is 17.9 Å². The lowest BCUT2D eigenvalue weighted by Crippen LogP contribution is -2.47. The summed E-state index contributed by atoms with van der Waals surface area (Å²) in [6.45, 7) is 11.1. The Hall–Kier alpha value is -0.730. The van der Waals surface area contributed by atoms with Gasteiger partial charge in [0.25, 0.3) is 0 Å². The summed E-state index contributed by atoms with van der Waals surface area (Å²) in [5, 5.41) is 3.17. The molecule has 5 atom stereocenters. The Morgan fingerprint density at radius 1 is 1.09 bits per heavy atom. The Morgan fingerprint density at radius 2 is 1.78 bits per heavy atom. The van der Waals surface area contributed by atoms with Crippen molar-refractivity contribution in [3.05, 3.63) is 0 Å². The van der Waals surface area contributed by atoms with Crippen molar-refractivity contribution < 1.29 is 9.53 Å². The third-order valence-corrected chi connectivity index (χ3v) is 6.67. The Balaban J connectivity index is 1.87. The molecule has 2 rings (SSSR count). The molecule has 0 heterocycles. The maximum absolute atomic E-state index is 12.4. The first-order chi connectivity index (χ1) is 10.8. The van der Waals surface area contributed by atoms with E-state index in [4.69, 9.17) is 4.74 Å². The van der Waals surface area contributed by atoms with E-state index in [1.165, 1.54) is 38.5 Å². The number of ether oxygens (including phenoxy) is 1. The van der Waals surface area contributed by atoms with E-state index in [9.17, 15) is 4.79 Å². The molecule has 1 amide bonds. The molecule has 3 heteroatoms. The number of hydrogen-bond acceptors (Lipinski definition) is 2. The minimum absolute atomic E-state index is 0.202. The van der Waals surface area contributed by atoms with Crippen LogP contribution in [0.15, 0.2) is 0 Å². The second-order valence-corrected chi connectivity index (χ2v) is 8.66. The zero-order valence-electron chi connectivity index (χ0n) is 15.9. The van der Waals surface area contributed by atoms with Crippen molar-refractivity contribution in [3.63, 3.8) is 0 Å². The highest BCUT2D eigenvalue weighted by Crippen LogP contribution is 2.40. The van der Waals surface area contributed by atoms with Crippen LogP contribution < -0.4 is 5.32 Å². The average molecular weight is 324 g/mol. The minimum atomic E-state index is -0.366. The SMILES string of the molecule is CC[C@@H]1CCCC[C@H]1NC(=O)OC(C)(C)C1CC[C@@H](C)[C@@H](C)C1. The standard InChI is InChI=1S/C20H37NO2/c1-6-16-9-7-8-10-18(16)21-19(22)23-20(4,5)17-12-11-14(2)15(3)13-17/h14-18H,6-13H2,1-5H3,(H,21,22)/t14-,15+,16-,17?,18-/m1/s1. The van der Waals surface area contributed by atoms with Gasteiger partial charge >= 0.3 is 6.09 Å². The molecule has 0 aliphatic heterocycles. The van der Waals surface area contributed by atoms with Gasteiger partial charge in [-0.05, 0) is 63.2 Å². The largest absolute Gasteiger partial charge is 0.443 e. The molecule has 2 aliphatic carbocycles. The molecule has 0 saturated heterocycles. The summed E-state index contributed by atoms with van der Waals surface area (Å²) < 4.78 is 5.91. The van der Waals surface area contributed by atoms with Crippen molar-refractivity contribution in [1.29, 1.82) is 0 Å². The molecule has 0 aromatic rings. The van der Waals surface area contributed by atoms with Gasteiger partial charge in [0, 0.05) is 6.04 Å². The van der Waals surface area contributed by atoms with Crippen LogP contribution in [0.2, 0.25) is 0 Å². The molecular formula is C20H37NO2. The van der Waals surface area contributed by atoms with Gasteiger partial charge in [-0.3, -0.25) is 0 Å². The lowest BCUT2D eigenvalue weighted by Gasteiger charge is -2.41. The first-order valence-corrected chi connectivity index (χ1v) is 9.83. The summed E-state index contributed by atoms with van der Waals surface area (Å²) in [5.74, 6) is 2.62. The van der Waals surface area contributed by atoms with Crippen LogP contribution in [-0.4, -0.2) is 17.7 Å². The number of amides is 1. The molecular weight excluding hydrogens is 286 g/mol. The number of carbonyl (C=O) groups excluding carboxylic acids is 1. The van der Waals surface area contributed by atoms with E-state index < -0.39 is 0 Å². The summed E-state index contributed by atoms with van der Waals surface area (Å²) in [7, 11) is 0. The fourth-order valence-corrected chi connectivity index (χ4v) is 4.57. The zero-order valence-corrected chi connectivity index (χ0v) is 15.9.